The molecule has 2 heterocycles. The summed E-state index contributed by atoms with van der Waals surface area (Å²) in [6.45, 7) is 7.71. The molecule has 0 amide bonds. The Morgan fingerprint density at radius 1 is 1.11 bits per heavy atom. The number of nitrogens with zero attached hydrogens (tertiary/aromatic N) is 1. The minimum Gasteiger partial charge on any atom is -0.496 e. The first-order valence-electron chi connectivity index (χ1n) is 9.03. The molecule has 140 valence electrons. The van der Waals surface area contributed by atoms with Crippen molar-refractivity contribution in [2.75, 3.05) is 13.8 Å². The third-order valence-electron chi connectivity index (χ3n) is 5.38. The average Bonchev–Trinajstić information content (AvgIpc) is 2.68. The molecule has 0 saturated heterocycles. The van der Waals surface area contributed by atoms with Gasteiger partial charge in [0.25, 0.3) is 0 Å². The van der Waals surface area contributed by atoms with Crippen LogP contribution in [0.15, 0.2) is 39.5 Å². The predicted molar refractivity (Wildman–Crippen MR) is 104 cm³/mol. The van der Waals surface area contributed by atoms with Gasteiger partial charge in [-0.1, -0.05) is 18.2 Å². The molecule has 0 fully saturated rings. The molecule has 3 aromatic rings. The highest BCUT2D eigenvalue weighted by Crippen LogP contribution is 2.36. The zero-order valence-corrected chi connectivity index (χ0v) is 16.1. The van der Waals surface area contributed by atoms with Crippen LogP contribution in [0.5, 0.6) is 11.5 Å². The molecule has 0 saturated carbocycles. The van der Waals surface area contributed by atoms with Crippen LogP contribution in [0, 0.1) is 20.8 Å². The fourth-order valence-corrected chi connectivity index (χ4v) is 3.72. The Kier molecular flexibility index (Phi) is 4.40. The van der Waals surface area contributed by atoms with E-state index in [-0.39, 0.29) is 5.63 Å². The molecule has 27 heavy (non-hydrogen) atoms. The van der Waals surface area contributed by atoms with E-state index < -0.39 is 0 Å². The quantitative estimate of drug-likeness (QED) is 0.655. The van der Waals surface area contributed by atoms with Crippen LogP contribution < -0.4 is 15.1 Å². The largest absolute Gasteiger partial charge is 0.496 e. The van der Waals surface area contributed by atoms with Crippen molar-refractivity contribution in [1.82, 2.24) is 4.90 Å². The van der Waals surface area contributed by atoms with Crippen molar-refractivity contribution in [2.24, 2.45) is 0 Å². The maximum absolute atomic E-state index is 12.1. The molecular formula is C22H23NO4. The van der Waals surface area contributed by atoms with Gasteiger partial charge in [-0.15, -0.1) is 0 Å². The van der Waals surface area contributed by atoms with Crippen molar-refractivity contribution in [3.05, 3.63) is 68.6 Å². The van der Waals surface area contributed by atoms with Gasteiger partial charge in [0.1, 0.15) is 23.8 Å². The molecule has 4 rings (SSSR count). The molecule has 0 aliphatic carbocycles. The van der Waals surface area contributed by atoms with Gasteiger partial charge in [0, 0.05) is 40.7 Å². The number of methoxy groups -OCH3 is 1. The van der Waals surface area contributed by atoms with Crippen LogP contribution in [0.1, 0.15) is 27.8 Å². The summed E-state index contributed by atoms with van der Waals surface area (Å²) in [6.07, 6.45) is 0. The summed E-state index contributed by atoms with van der Waals surface area (Å²) in [7, 11) is 1.69. The molecule has 0 N–H and O–H groups in total. The summed E-state index contributed by atoms with van der Waals surface area (Å²) in [5, 5.41) is 0.978. The van der Waals surface area contributed by atoms with Crippen molar-refractivity contribution in [3.8, 4) is 11.5 Å². The van der Waals surface area contributed by atoms with Crippen molar-refractivity contribution in [3.63, 3.8) is 0 Å². The lowest BCUT2D eigenvalue weighted by Crippen LogP contribution is -2.32. The zero-order chi connectivity index (χ0) is 19.1. The predicted octanol–water partition coefficient (Wildman–Crippen LogP) is 4.08. The van der Waals surface area contributed by atoms with Gasteiger partial charge in [0.2, 0.25) is 0 Å². The first kappa shape index (κ1) is 17.6. The highest BCUT2D eigenvalue weighted by molar-refractivity contribution is 5.87. The summed E-state index contributed by atoms with van der Waals surface area (Å²) in [5.41, 5.74) is 5.09. The molecule has 0 atom stereocenters. The number of rotatable bonds is 3. The van der Waals surface area contributed by atoms with Crippen molar-refractivity contribution in [2.45, 2.75) is 33.9 Å². The van der Waals surface area contributed by atoms with E-state index in [1.807, 2.05) is 32.0 Å². The molecule has 1 aliphatic heterocycles. The van der Waals surface area contributed by atoms with E-state index in [9.17, 15) is 4.79 Å². The van der Waals surface area contributed by atoms with E-state index >= 15 is 0 Å². The number of hydrogen-bond donors (Lipinski definition) is 0. The monoisotopic (exact) mass is 365 g/mol. The average molecular weight is 365 g/mol. The summed E-state index contributed by atoms with van der Waals surface area (Å²) >= 11 is 0. The standard InChI is InChI=1S/C22H23NO4/c1-13-14(2)22(24)27-21-15(3)20-17(9-18(13)21)11-23(12-26-20)10-16-7-5-6-8-19(16)25-4/h5-9H,10-12H2,1-4H3. The normalized spacial score (nSPS) is 14.1. The Labute approximate surface area is 158 Å². The highest BCUT2D eigenvalue weighted by Gasteiger charge is 2.23. The Morgan fingerprint density at radius 2 is 1.89 bits per heavy atom. The lowest BCUT2D eigenvalue weighted by atomic mass is 9.99. The van der Waals surface area contributed by atoms with Crippen LogP contribution in [0.2, 0.25) is 0 Å². The van der Waals surface area contributed by atoms with Gasteiger partial charge < -0.3 is 13.9 Å². The molecule has 0 spiro atoms. The van der Waals surface area contributed by atoms with Crippen molar-refractivity contribution >= 4 is 11.0 Å². The molecule has 2 aromatic carbocycles. The number of aryl methyl sites for hydroxylation is 2. The van der Waals surface area contributed by atoms with Crippen LogP contribution in [0.25, 0.3) is 11.0 Å². The third-order valence-corrected chi connectivity index (χ3v) is 5.38. The van der Waals surface area contributed by atoms with Crippen LogP contribution >= 0.6 is 0 Å². The zero-order valence-electron chi connectivity index (χ0n) is 16.1. The van der Waals surface area contributed by atoms with Crippen LogP contribution in [-0.2, 0) is 13.1 Å². The Balaban J connectivity index is 1.72. The maximum atomic E-state index is 12.1. The molecule has 1 aliphatic rings. The summed E-state index contributed by atoms with van der Waals surface area (Å²) in [6, 6.07) is 10.1. The lowest BCUT2D eigenvalue weighted by molar-refractivity contribution is 0.0874. The molecule has 0 radical (unpaired) electrons. The van der Waals surface area contributed by atoms with E-state index in [1.165, 1.54) is 0 Å². The van der Waals surface area contributed by atoms with Crippen LogP contribution in [0.4, 0.5) is 0 Å². The third kappa shape index (κ3) is 2.98. The van der Waals surface area contributed by atoms with Gasteiger partial charge in [-0.05, 0) is 38.5 Å². The Hall–Kier alpha value is -2.79. The lowest BCUT2D eigenvalue weighted by Gasteiger charge is -2.30. The molecule has 1 aromatic heterocycles. The molecule has 5 nitrogen and oxygen atoms in total. The minimum absolute atomic E-state index is 0.281. The first-order chi connectivity index (χ1) is 13.0. The second kappa shape index (κ2) is 6.74. The number of para-hydroxylation sites is 1. The first-order valence-corrected chi connectivity index (χ1v) is 9.03. The van der Waals surface area contributed by atoms with Crippen molar-refractivity contribution < 1.29 is 13.9 Å². The van der Waals surface area contributed by atoms with Gasteiger partial charge in [-0.25, -0.2) is 4.79 Å². The fraction of sp³-hybridized carbons (Fsp3) is 0.318. The maximum Gasteiger partial charge on any atom is 0.339 e. The van der Waals surface area contributed by atoms with Gasteiger partial charge >= 0.3 is 5.63 Å². The fourth-order valence-electron chi connectivity index (χ4n) is 3.72. The van der Waals surface area contributed by atoms with E-state index in [2.05, 4.69) is 17.0 Å². The van der Waals surface area contributed by atoms with Crippen LogP contribution in [-0.4, -0.2) is 18.7 Å². The second-order valence-electron chi connectivity index (χ2n) is 7.08. The van der Waals surface area contributed by atoms with Gasteiger partial charge in [-0.2, -0.15) is 0 Å². The number of hydrogen-bond acceptors (Lipinski definition) is 5. The number of fused-ring (bicyclic) bond motifs is 2. The topological polar surface area (TPSA) is 51.9 Å². The molecule has 0 unspecified atom stereocenters. The van der Waals surface area contributed by atoms with E-state index in [1.54, 1.807) is 14.0 Å². The Morgan fingerprint density at radius 3 is 2.67 bits per heavy atom. The van der Waals surface area contributed by atoms with E-state index in [0.29, 0.717) is 17.9 Å². The van der Waals surface area contributed by atoms with E-state index in [4.69, 9.17) is 13.9 Å². The second-order valence-corrected chi connectivity index (χ2v) is 7.08. The Bertz CT molecular complexity index is 1080. The number of benzene rings is 2. The van der Waals surface area contributed by atoms with Gasteiger partial charge in [0.05, 0.1) is 7.11 Å². The van der Waals surface area contributed by atoms with E-state index in [0.717, 1.165) is 52.2 Å². The molecular weight excluding hydrogens is 342 g/mol. The minimum atomic E-state index is -0.281. The smallest absolute Gasteiger partial charge is 0.339 e. The van der Waals surface area contributed by atoms with Gasteiger partial charge in [0.15, 0.2) is 0 Å². The number of ether oxygens (including phenoxy) is 2. The molecule has 5 heteroatoms. The van der Waals surface area contributed by atoms with Crippen molar-refractivity contribution in [1.29, 1.82) is 0 Å². The van der Waals surface area contributed by atoms with Crippen LogP contribution in [0.3, 0.4) is 0 Å². The summed E-state index contributed by atoms with van der Waals surface area (Å²) < 4.78 is 17.1. The highest BCUT2D eigenvalue weighted by atomic mass is 16.5. The summed E-state index contributed by atoms with van der Waals surface area (Å²) in [4.78, 5) is 14.3. The SMILES string of the molecule is COc1ccccc1CN1COc2c(cc3c(C)c(C)c(=O)oc3c2C)C1. The summed E-state index contributed by atoms with van der Waals surface area (Å²) in [5.74, 6) is 1.71. The van der Waals surface area contributed by atoms with Gasteiger partial charge in [-0.3, -0.25) is 4.90 Å². The molecule has 0 bridgehead atoms.